The van der Waals surface area contributed by atoms with Gasteiger partial charge < -0.3 is 4.74 Å². The number of hydrogen-bond donors (Lipinski definition) is 0. The van der Waals surface area contributed by atoms with E-state index in [9.17, 15) is 14.9 Å². The van der Waals surface area contributed by atoms with Gasteiger partial charge in [-0.25, -0.2) is 0 Å². The van der Waals surface area contributed by atoms with Crippen LogP contribution in [0.5, 0.6) is 5.75 Å². The Hall–Kier alpha value is -2.23. The van der Waals surface area contributed by atoms with Crippen LogP contribution in [-0.4, -0.2) is 22.3 Å². The van der Waals surface area contributed by atoms with Gasteiger partial charge in [0.05, 0.1) is 22.6 Å². The number of benzene rings is 2. The Morgan fingerprint density at radius 1 is 1.27 bits per heavy atom. The molecular formula is C17H11BrN2O4S2. The van der Waals surface area contributed by atoms with Crippen LogP contribution in [0, 0.1) is 10.1 Å². The van der Waals surface area contributed by atoms with Crippen molar-refractivity contribution in [2.45, 2.75) is 0 Å². The Labute approximate surface area is 167 Å². The summed E-state index contributed by atoms with van der Waals surface area (Å²) < 4.78 is 6.53. The first-order chi connectivity index (χ1) is 12.4. The number of amides is 1. The fourth-order valence-electron chi connectivity index (χ4n) is 2.37. The van der Waals surface area contributed by atoms with E-state index in [1.165, 1.54) is 30.2 Å². The van der Waals surface area contributed by atoms with Gasteiger partial charge in [0.1, 0.15) is 5.75 Å². The van der Waals surface area contributed by atoms with Crippen molar-refractivity contribution in [2.75, 3.05) is 12.0 Å². The van der Waals surface area contributed by atoms with Crippen LogP contribution in [0.2, 0.25) is 0 Å². The highest BCUT2D eigenvalue weighted by Crippen LogP contribution is 2.38. The average Bonchev–Trinajstić information content (AvgIpc) is 2.89. The van der Waals surface area contributed by atoms with Crippen molar-refractivity contribution in [1.82, 2.24) is 0 Å². The SMILES string of the molecule is COc1ccc([N+](=O)[O-])cc1/C=C1/SC(=S)N(c2ccc(Br)cc2)C1=O. The zero-order valence-corrected chi connectivity index (χ0v) is 16.6. The maximum atomic E-state index is 12.8. The van der Waals surface area contributed by atoms with Gasteiger partial charge in [0.25, 0.3) is 11.6 Å². The van der Waals surface area contributed by atoms with Crippen LogP contribution in [0.1, 0.15) is 5.56 Å². The molecule has 0 unspecified atom stereocenters. The molecule has 0 aromatic heterocycles. The average molecular weight is 451 g/mol. The molecule has 0 bridgehead atoms. The highest BCUT2D eigenvalue weighted by molar-refractivity contribution is 9.10. The fraction of sp³-hybridized carbons (Fsp3) is 0.0588. The van der Waals surface area contributed by atoms with E-state index in [2.05, 4.69) is 15.9 Å². The van der Waals surface area contributed by atoms with E-state index in [1.54, 1.807) is 18.2 Å². The molecule has 0 spiro atoms. The van der Waals surface area contributed by atoms with Crippen LogP contribution in [0.15, 0.2) is 51.8 Å². The fourth-order valence-corrected chi connectivity index (χ4v) is 3.92. The lowest BCUT2D eigenvalue weighted by molar-refractivity contribution is -0.384. The monoisotopic (exact) mass is 450 g/mol. The summed E-state index contributed by atoms with van der Waals surface area (Å²) in [5.74, 6) is 0.153. The predicted molar refractivity (Wildman–Crippen MR) is 109 cm³/mol. The predicted octanol–water partition coefficient (Wildman–Crippen LogP) is 4.77. The standard InChI is InChI=1S/C17H11BrN2O4S2/c1-24-14-7-6-13(20(22)23)8-10(14)9-15-16(21)19(17(25)26-15)12-4-2-11(18)3-5-12/h2-9H,1H3/b15-9+. The van der Waals surface area contributed by atoms with Crippen LogP contribution >= 0.6 is 39.9 Å². The smallest absolute Gasteiger partial charge is 0.270 e. The van der Waals surface area contributed by atoms with Gasteiger partial charge in [-0.05, 0) is 36.4 Å². The number of nitro benzene ring substituents is 1. The molecule has 2 aromatic rings. The van der Waals surface area contributed by atoms with Gasteiger partial charge >= 0.3 is 0 Å². The molecule has 2 aromatic carbocycles. The van der Waals surface area contributed by atoms with Crippen molar-refractivity contribution in [2.24, 2.45) is 0 Å². The number of carbonyl (C=O) groups is 1. The number of ether oxygens (including phenoxy) is 1. The van der Waals surface area contributed by atoms with Gasteiger partial charge in [-0.2, -0.15) is 0 Å². The van der Waals surface area contributed by atoms with Crippen molar-refractivity contribution in [1.29, 1.82) is 0 Å². The normalized spacial score (nSPS) is 15.6. The summed E-state index contributed by atoms with van der Waals surface area (Å²) in [6.07, 6.45) is 1.56. The number of methoxy groups -OCH3 is 1. The van der Waals surface area contributed by atoms with E-state index in [0.29, 0.717) is 26.2 Å². The Balaban J connectivity index is 1.99. The highest BCUT2D eigenvalue weighted by Gasteiger charge is 2.33. The molecular weight excluding hydrogens is 440 g/mol. The molecule has 0 atom stereocenters. The van der Waals surface area contributed by atoms with E-state index in [0.717, 1.165) is 16.2 Å². The van der Waals surface area contributed by atoms with Crippen molar-refractivity contribution in [3.8, 4) is 5.75 Å². The number of non-ortho nitro benzene ring substituents is 1. The zero-order valence-electron chi connectivity index (χ0n) is 13.3. The van der Waals surface area contributed by atoms with E-state index in [1.807, 2.05) is 12.1 Å². The number of halogens is 1. The first-order valence-electron chi connectivity index (χ1n) is 7.26. The van der Waals surface area contributed by atoms with Gasteiger partial charge in [-0.1, -0.05) is 39.9 Å². The molecule has 132 valence electrons. The van der Waals surface area contributed by atoms with E-state index < -0.39 is 4.92 Å². The molecule has 0 N–H and O–H groups in total. The quantitative estimate of drug-likeness (QED) is 0.289. The number of thioether (sulfide) groups is 1. The molecule has 0 radical (unpaired) electrons. The molecule has 1 fully saturated rings. The third kappa shape index (κ3) is 3.64. The number of nitrogens with zero attached hydrogens (tertiary/aromatic N) is 2. The maximum Gasteiger partial charge on any atom is 0.270 e. The van der Waals surface area contributed by atoms with Crippen molar-refractivity contribution < 1.29 is 14.5 Å². The first kappa shape index (κ1) is 18.6. The van der Waals surface area contributed by atoms with Crippen LogP contribution < -0.4 is 9.64 Å². The summed E-state index contributed by atoms with van der Waals surface area (Å²) in [7, 11) is 1.46. The minimum Gasteiger partial charge on any atom is -0.496 e. The van der Waals surface area contributed by atoms with Crippen molar-refractivity contribution in [3.63, 3.8) is 0 Å². The highest BCUT2D eigenvalue weighted by atomic mass is 79.9. The Morgan fingerprint density at radius 2 is 1.96 bits per heavy atom. The van der Waals surface area contributed by atoms with Gasteiger partial charge in [0.2, 0.25) is 0 Å². The Morgan fingerprint density at radius 3 is 2.58 bits per heavy atom. The zero-order chi connectivity index (χ0) is 18.8. The number of thiocarbonyl (C=S) groups is 1. The second-order valence-corrected chi connectivity index (χ2v) is 7.77. The molecule has 1 aliphatic heterocycles. The van der Waals surface area contributed by atoms with E-state index in [4.69, 9.17) is 17.0 Å². The van der Waals surface area contributed by atoms with Crippen LogP contribution in [-0.2, 0) is 4.79 Å². The molecule has 1 amide bonds. The molecule has 0 aliphatic carbocycles. The molecule has 1 heterocycles. The molecule has 6 nitrogen and oxygen atoms in total. The van der Waals surface area contributed by atoms with Crippen LogP contribution in [0.25, 0.3) is 6.08 Å². The summed E-state index contributed by atoms with van der Waals surface area (Å²) in [6.45, 7) is 0. The molecule has 1 aliphatic rings. The van der Waals surface area contributed by atoms with Crippen molar-refractivity contribution in [3.05, 3.63) is 67.5 Å². The third-order valence-electron chi connectivity index (χ3n) is 3.59. The van der Waals surface area contributed by atoms with Crippen LogP contribution in [0.4, 0.5) is 11.4 Å². The molecule has 0 saturated carbocycles. The number of anilines is 1. The molecule has 26 heavy (non-hydrogen) atoms. The molecule has 1 saturated heterocycles. The molecule has 9 heteroatoms. The topological polar surface area (TPSA) is 72.7 Å². The largest absolute Gasteiger partial charge is 0.496 e. The lowest BCUT2D eigenvalue weighted by atomic mass is 10.1. The lowest BCUT2D eigenvalue weighted by Gasteiger charge is -2.14. The second kappa shape index (κ2) is 7.56. The number of rotatable bonds is 4. The van der Waals surface area contributed by atoms with Gasteiger partial charge in [0.15, 0.2) is 4.32 Å². The summed E-state index contributed by atoms with van der Waals surface area (Å²) >= 11 is 9.82. The summed E-state index contributed by atoms with van der Waals surface area (Å²) in [6, 6.07) is 11.4. The van der Waals surface area contributed by atoms with Crippen molar-refractivity contribution >= 4 is 67.6 Å². The first-order valence-corrected chi connectivity index (χ1v) is 9.28. The third-order valence-corrected chi connectivity index (χ3v) is 5.42. The Bertz CT molecular complexity index is 944. The second-order valence-electron chi connectivity index (χ2n) is 5.18. The van der Waals surface area contributed by atoms with E-state index in [-0.39, 0.29) is 11.6 Å². The van der Waals surface area contributed by atoms with E-state index >= 15 is 0 Å². The number of hydrogen-bond acceptors (Lipinski definition) is 6. The van der Waals surface area contributed by atoms with Gasteiger partial charge in [-0.3, -0.25) is 19.8 Å². The maximum absolute atomic E-state index is 12.8. The summed E-state index contributed by atoms with van der Waals surface area (Å²) in [5, 5.41) is 11.0. The van der Waals surface area contributed by atoms with Gasteiger partial charge in [-0.15, -0.1) is 0 Å². The Kier molecular flexibility index (Phi) is 5.40. The summed E-state index contributed by atoms with van der Waals surface area (Å²) in [4.78, 5) is 25.1. The number of nitro groups is 1. The van der Waals surface area contributed by atoms with Gasteiger partial charge in [0, 0.05) is 22.2 Å². The molecule has 3 rings (SSSR count). The summed E-state index contributed by atoms with van der Waals surface area (Å²) in [5.41, 5.74) is 1.02. The minimum atomic E-state index is -0.496. The van der Waals surface area contributed by atoms with Crippen LogP contribution in [0.3, 0.4) is 0 Å². The lowest BCUT2D eigenvalue weighted by Crippen LogP contribution is -2.27. The number of carbonyl (C=O) groups excluding carboxylic acids is 1. The minimum absolute atomic E-state index is 0.0829.